The molecule has 0 aliphatic rings. The number of rotatable bonds is 7. The molecule has 0 radical (unpaired) electrons. The van der Waals surface area contributed by atoms with Crippen LogP contribution >= 0.6 is 0 Å². The second kappa shape index (κ2) is 7.70. The van der Waals surface area contributed by atoms with E-state index in [9.17, 15) is 4.79 Å². The highest BCUT2D eigenvalue weighted by Crippen LogP contribution is 2.08. The first kappa shape index (κ1) is 15.4. The Kier molecular flexibility index (Phi) is 6.24. The molecule has 2 N–H and O–H groups in total. The molecule has 0 unspecified atom stereocenters. The molecule has 0 saturated carbocycles. The van der Waals surface area contributed by atoms with E-state index in [-0.39, 0.29) is 11.9 Å². The van der Waals surface area contributed by atoms with Crippen molar-refractivity contribution in [2.24, 2.45) is 0 Å². The van der Waals surface area contributed by atoms with E-state index >= 15 is 0 Å². The molecular formula is C13H21N3O3. The average molecular weight is 267 g/mol. The van der Waals surface area contributed by atoms with Crippen molar-refractivity contribution in [1.29, 1.82) is 0 Å². The van der Waals surface area contributed by atoms with Gasteiger partial charge >= 0.3 is 0 Å². The minimum Gasteiger partial charge on any atom is -0.368 e. The van der Waals surface area contributed by atoms with Crippen molar-refractivity contribution in [2.45, 2.75) is 26.2 Å². The molecule has 1 aromatic heterocycles. The summed E-state index contributed by atoms with van der Waals surface area (Å²) >= 11 is 0. The maximum Gasteiger partial charge on any atom is 0.251 e. The van der Waals surface area contributed by atoms with Crippen LogP contribution in [0.2, 0.25) is 0 Å². The number of carbonyl (C=O) groups excluding carboxylic acids is 1. The van der Waals surface area contributed by atoms with Crippen molar-refractivity contribution in [1.82, 2.24) is 10.3 Å². The summed E-state index contributed by atoms with van der Waals surface area (Å²) in [6.07, 6.45) is 1.16. The Morgan fingerprint density at radius 2 is 2.05 bits per heavy atom. The van der Waals surface area contributed by atoms with Crippen LogP contribution in [0.25, 0.3) is 0 Å². The third kappa shape index (κ3) is 5.23. The summed E-state index contributed by atoms with van der Waals surface area (Å²) in [5.41, 5.74) is 0.545. The smallest absolute Gasteiger partial charge is 0.251 e. The van der Waals surface area contributed by atoms with Crippen molar-refractivity contribution in [2.75, 3.05) is 26.1 Å². The molecule has 106 valence electrons. The third-order valence-electron chi connectivity index (χ3n) is 2.41. The Bertz CT molecular complexity index is 406. The fraction of sp³-hybridized carbons (Fsp3) is 0.538. The molecule has 0 fully saturated rings. The standard InChI is InChI=1S/C13H21N3O3/c1-9(2)16-11-7-10(5-6-14-11)13(17)15-8-12(18-3)19-4/h5-7,9,12H,8H2,1-4H3,(H,14,16)(H,15,17). The van der Waals surface area contributed by atoms with Gasteiger partial charge in [0, 0.05) is 32.0 Å². The topological polar surface area (TPSA) is 72.5 Å². The van der Waals surface area contributed by atoms with Gasteiger partial charge in [-0.25, -0.2) is 4.98 Å². The number of amides is 1. The third-order valence-corrected chi connectivity index (χ3v) is 2.41. The predicted octanol–water partition coefficient (Wildman–Crippen LogP) is 1.25. The number of carbonyl (C=O) groups is 1. The first-order valence-electron chi connectivity index (χ1n) is 6.13. The Labute approximate surface area is 113 Å². The van der Waals surface area contributed by atoms with E-state index in [0.29, 0.717) is 17.9 Å². The van der Waals surface area contributed by atoms with Crippen LogP contribution in [0.1, 0.15) is 24.2 Å². The minimum absolute atomic E-state index is 0.187. The van der Waals surface area contributed by atoms with Gasteiger partial charge in [-0.15, -0.1) is 0 Å². The highest BCUT2D eigenvalue weighted by molar-refractivity contribution is 5.94. The Morgan fingerprint density at radius 3 is 2.63 bits per heavy atom. The molecule has 6 nitrogen and oxygen atoms in total. The van der Waals surface area contributed by atoms with Gasteiger partial charge in [-0.2, -0.15) is 0 Å². The summed E-state index contributed by atoms with van der Waals surface area (Å²) in [6.45, 7) is 4.31. The first-order chi connectivity index (χ1) is 9.06. The van der Waals surface area contributed by atoms with Crippen molar-refractivity contribution in [3.63, 3.8) is 0 Å². The molecule has 6 heteroatoms. The predicted molar refractivity (Wildman–Crippen MR) is 73.1 cm³/mol. The van der Waals surface area contributed by atoms with E-state index in [1.807, 2.05) is 13.8 Å². The van der Waals surface area contributed by atoms with Crippen LogP contribution < -0.4 is 10.6 Å². The van der Waals surface area contributed by atoms with Crippen LogP contribution in [0.5, 0.6) is 0 Å². The van der Waals surface area contributed by atoms with E-state index in [0.717, 1.165) is 0 Å². The molecule has 0 saturated heterocycles. The minimum atomic E-state index is -0.445. The second-order valence-electron chi connectivity index (χ2n) is 4.34. The lowest BCUT2D eigenvalue weighted by atomic mass is 10.2. The van der Waals surface area contributed by atoms with Gasteiger partial charge in [-0.3, -0.25) is 4.79 Å². The molecule has 1 rings (SSSR count). The van der Waals surface area contributed by atoms with Gasteiger partial charge in [0.25, 0.3) is 5.91 Å². The molecule has 1 amide bonds. The van der Waals surface area contributed by atoms with Crippen LogP contribution in [-0.2, 0) is 9.47 Å². The summed E-state index contributed by atoms with van der Waals surface area (Å²) in [4.78, 5) is 16.1. The number of nitrogens with one attached hydrogen (secondary N) is 2. The normalized spacial score (nSPS) is 10.8. The number of methoxy groups -OCH3 is 2. The maximum absolute atomic E-state index is 11.9. The average Bonchev–Trinajstić information content (AvgIpc) is 2.39. The lowest BCUT2D eigenvalue weighted by Crippen LogP contribution is -2.34. The summed E-state index contributed by atoms with van der Waals surface area (Å²) < 4.78 is 10.0. The molecule has 0 aromatic carbocycles. The zero-order valence-electron chi connectivity index (χ0n) is 11.8. The highest BCUT2D eigenvalue weighted by Gasteiger charge is 2.10. The molecule has 0 aliphatic carbocycles. The van der Waals surface area contributed by atoms with Crippen LogP contribution in [0, 0.1) is 0 Å². The lowest BCUT2D eigenvalue weighted by molar-refractivity contribution is -0.0974. The fourth-order valence-electron chi connectivity index (χ4n) is 1.49. The lowest BCUT2D eigenvalue weighted by Gasteiger charge is -2.14. The zero-order chi connectivity index (χ0) is 14.3. The summed E-state index contributed by atoms with van der Waals surface area (Å²) in [5.74, 6) is 0.492. The Morgan fingerprint density at radius 1 is 1.37 bits per heavy atom. The van der Waals surface area contributed by atoms with Crippen molar-refractivity contribution < 1.29 is 14.3 Å². The summed E-state index contributed by atoms with van der Waals surface area (Å²) in [6, 6.07) is 3.64. The van der Waals surface area contributed by atoms with E-state index < -0.39 is 6.29 Å². The molecular weight excluding hydrogens is 246 g/mol. The van der Waals surface area contributed by atoms with E-state index in [4.69, 9.17) is 9.47 Å². The summed E-state index contributed by atoms with van der Waals surface area (Å²) in [5, 5.41) is 5.88. The van der Waals surface area contributed by atoms with Gasteiger partial charge in [0.15, 0.2) is 6.29 Å². The van der Waals surface area contributed by atoms with Gasteiger partial charge in [-0.1, -0.05) is 0 Å². The van der Waals surface area contributed by atoms with Crippen LogP contribution in [0.4, 0.5) is 5.82 Å². The number of ether oxygens (including phenoxy) is 2. The summed E-state index contributed by atoms with van der Waals surface area (Å²) in [7, 11) is 3.05. The number of aromatic nitrogens is 1. The van der Waals surface area contributed by atoms with Gasteiger partial charge in [-0.05, 0) is 26.0 Å². The van der Waals surface area contributed by atoms with E-state index in [2.05, 4.69) is 15.6 Å². The van der Waals surface area contributed by atoms with E-state index in [1.54, 1.807) is 18.3 Å². The van der Waals surface area contributed by atoms with Crippen LogP contribution in [0.15, 0.2) is 18.3 Å². The van der Waals surface area contributed by atoms with Gasteiger partial charge in [0.05, 0.1) is 6.54 Å². The Hall–Kier alpha value is -1.66. The number of pyridine rings is 1. The molecule has 19 heavy (non-hydrogen) atoms. The first-order valence-corrected chi connectivity index (χ1v) is 6.13. The van der Waals surface area contributed by atoms with Gasteiger partial charge in [0.1, 0.15) is 5.82 Å². The molecule has 0 bridgehead atoms. The van der Waals surface area contributed by atoms with Crippen LogP contribution in [-0.4, -0.2) is 44.0 Å². The van der Waals surface area contributed by atoms with Crippen molar-refractivity contribution >= 4 is 11.7 Å². The highest BCUT2D eigenvalue weighted by atomic mass is 16.7. The zero-order valence-corrected chi connectivity index (χ0v) is 11.8. The molecule has 1 aromatic rings. The number of hydrogen-bond donors (Lipinski definition) is 2. The maximum atomic E-state index is 11.9. The van der Waals surface area contributed by atoms with Crippen molar-refractivity contribution in [3.8, 4) is 0 Å². The number of nitrogens with zero attached hydrogens (tertiary/aromatic N) is 1. The SMILES string of the molecule is COC(CNC(=O)c1ccnc(NC(C)C)c1)OC. The van der Waals surface area contributed by atoms with Gasteiger partial charge < -0.3 is 20.1 Å². The quantitative estimate of drug-likeness (QED) is 0.727. The monoisotopic (exact) mass is 267 g/mol. The number of hydrogen-bond acceptors (Lipinski definition) is 5. The van der Waals surface area contributed by atoms with Crippen LogP contribution in [0.3, 0.4) is 0 Å². The van der Waals surface area contributed by atoms with E-state index in [1.165, 1.54) is 14.2 Å². The Balaban J connectivity index is 2.61. The molecule has 0 atom stereocenters. The molecule has 0 aliphatic heterocycles. The molecule has 0 spiro atoms. The fourth-order valence-corrected chi connectivity index (χ4v) is 1.49. The van der Waals surface area contributed by atoms with Crippen molar-refractivity contribution in [3.05, 3.63) is 23.9 Å². The van der Waals surface area contributed by atoms with Gasteiger partial charge in [0.2, 0.25) is 0 Å². The second-order valence-corrected chi connectivity index (χ2v) is 4.34. The molecule has 1 heterocycles. The number of anilines is 1. The largest absolute Gasteiger partial charge is 0.368 e.